The normalized spacial score (nSPS) is 16.4. The molecule has 0 radical (unpaired) electrons. The zero-order valence-electron chi connectivity index (χ0n) is 9.75. The van der Waals surface area contributed by atoms with Crippen LogP contribution in [0.1, 0.15) is 34.5 Å². The second-order valence-corrected chi connectivity index (χ2v) is 4.21. The van der Waals surface area contributed by atoms with Crippen molar-refractivity contribution in [2.75, 3.05) is 0 Å². The van der Waals surface area contributed by atoms with Crippen LogP contribution in [0.3, 0.4) is 0 Å². The monoisotopic (exact) mass is 241 g/mol. The zero-order valence-corrected chi connectivity index (χ0v) is 9.75. The van der Waals surface area contributed by atoms with Crippen molar-refractivity contribution in [3.05, 3.63) is 53.2 Å². The van der Waals surface area contributed by atoms with E-state index in [4.69, 9.17) is 4.74 Å². The lowest BCUT2D eigenvalue weighted by Crippen LogP contribution is -2.11. The van der Waals surface area contributed by atoms with Crippen LogP contribution < -0.4 is 4.74 Å². The van der Waals surface area contributed by atoms with Crippen LogP contribution in [0.5, 0.6) is 11.6 Å². The number of pyridine rings is 1. The highest BCUT2D eigenvalue weighted by atomic mass is 16.5. The zero-order chi connectivity index (χ0) is 12.7. The molecule has 1 aromatic carbocycles. The molecule has 0 bridgehead atoms. The highest BCUT2D eigenvalue weighted by Crippen LogP contribution is 2.41. The summed E-state index contributed by atoms with van der Waals surface area (Å²) < 4.78 is 5.60. The Labute approximate surface area is 104 Å². The molecule has 0 fully saturated rings. The molecular formula is C14H11NO3. The first-order chi connectivity index (χ1) is 8.66. The standard InChI is InChI=1S/C14H11NO3/c1-8(16)9-4-5-12-11(7-9)13(17)10-3-2-6-15-14(10)18-12/h2-7,13,17H,1H3. The minimum Gasteiger partial charge on any atom is -0.438 e. The number of fused-ring (bicyclic) bond motifs is 2. The molecule has 0 saturated heterocycles. The minimum atomic E-state index is -0.809. The average molecular weight is 241 g/mol. The first kappa shape index (κ1) is 10.9. The molecule has 1 atom stereocenters. The van der Waals surface area contributed by atoms with Crippen LogP contribution in [-0.2, 0) is 0 Å². The van der Waals surface area contributed by atoms with E-state index in [9.17, 15) is 9.90 Å². The maximum atomic E-state index is 11.3. The summed E-state index contributed by atoms with van der Waals surface area (Å²) in [6.07, 6.45) is 0.803. The third-order valence-electron chi connectivity index (χ3n) is 3.01. The second kappa shape index (κ2) is 3.92. The Kier molecular flexibility index (Phi) is 2.38. The van der Waals surface area contributed by atoms with Gasteiger partial charge >= 0.3 is 0 Å². The molecule has 1 N–H and O–H groups in total. The van der Waals surface area contributed by atoms with Gasteiger partial charge in [-0.15, -0.1) is 0 Å². The van der Waals surface area contributed by atoms with E-state index >= 15 is 0 Å². The molecular weight excluding hydrogens is 230 g/mol. The fraction of sp³-hybridized carbons (Fsp3) is 0.143. The molecule has 90 valence electrons. The molecule has 4 nitrogen and oxygen atoms in total. The van der Waals surface area contributed by atoms with E-state index in [1.54, 1.807) is 36.5 Å². The topological polar surface area (TPSA) is 59.4 Å². The lowest BCUT2D eigenvalue weighted by atomic mass is 9.96. The molecule has 1 aliphatic heterocycles. The van der Waals surface area contributed by atoms with Gasteiger partial charge in [0.25, 0.3) is 0 Å². The van der Waals surface area contributed by atoms with Crippen LogP contribution in [-0.4, -0.2) is 15.9 Å². The number of ketones is 1. The Morgan fingerprint density at radius 2 is 2.17 bits per heavy atom. The smallest absolute Gasteiger partial charge is 0.225 e. The summed E-state index contributed by atoms with van der Waals surface area (Å²) in [7, 11) is 0. The molecule has 2 aromatic rings. The van der Waals surface area contributed by atoms with Crippen LogP contribution in [0.15, 0.2) is 36.5 Å². The largest absolute Gasteiger partial charge is 0.438 e. The predicted octanol–water partition coefficient (Wildman–Crippen LogP) is 2.47. The van der Waals surface area contributed by atoms with Crippen molar-refractivity contribution in [1.29, 1.82) is 0 Å². The molecule has 0 saturated carbocycles. The summed E-state index contributed by atoms with van der Waals surface area (Å²) >= 11 is 0. The van der Waals surface area contributed by atoms with Crippen LogP contribution in [0.25, 0.3) is 0 Å². The summed E-state index contributed by atoms with van der Waals surface area (Å²) in [6.45, 7) is 1.49. The Balaban J connectivity index is 2.14. The van der Waals surface area contributed by atoms with Gasteiger partial charge in [-0.3, -0.25) is 4.79 Å². The molecule has 0 amide bonds. The van der Waals surface area contributed by atoms with Crippen molar-refractivity contribution in [2.45, 2.75) is 13.0 Å². The second-order valence-electron chi connectivity index (χ2n) is 4.21. The molecule has 1 aromatic heterocycles. The summed E-state index contributed by atoms with van der Waals surface area (Å²) in [5, 5.41) is 10.3. The highest BCUT2D eigenvalue weighted by Gasteiger charge is 2.26. The first-order valence-corrected chi connectivity index (χ1v) is 5.62. The molecule has 18 heavy (non-hydrogen) atoms. The molecule has 3 rings (SSSR count). The van der Waals surface area contributed by atoms with Gasteiger partial charge < -0.3 is 9.84 Å². The number of aliphatic hydroxyl groups excluding tert-OH is 1. The van der Waals surface area contributed by atoms with Gasteiger partial charge in [-0.1, -0.05) is 0 Å². The number of hydrogen-bond donors (Lipinski definition) is 1. The van der Waals surface area contributed by atoms with Gasteiger partial charge in [0.05, 0.1) is 0 Å². The maximum Gasteiger partial charge on any atom is 0.225 e. The van der Waals surface area contributed by atoms with Crippen LogP contribution in [0.2, 0.25) is 0 Å². The van der Waals surface area contributed by atoms with Crippen molar-refractivity contribution in [2.24, 2.45) is 0 Å². The quantitative estimate of drug-likeness (QED) is 0.779. The number of nitrogens with zero attached hydrogens (tertiary/aromatic N) is 1. The molecule has 2 heterocycles. The number of carbonyl (C=O) groups excluding carboxylic acids is 1. The van der Waals surface area contributed by atoms with Gasteiger partial charge in [0.2, 0.25) is 5.88 Å². The first-order valence-electron chi connectivity index (χ1n) is 5.62. The number of hydrogen-bond acceptors (Lipinski definition) is 4. The van der Waals surface area contributed by atoms with Gasteiger partial charge in [-0.05, 0) is 37.3 Å². The van der Waals surface area contributed by atoms with E-state index in [-0.39, 0.29) is 5.78 Å². The van der Waals surface area contributed by atoms with E-state index < -0.39 is 6.10 Å². The van der Waals surface area contributed by atoms with Gasteiger partial charge in [0, 0.05) is 22.9 Å². The predicted molar refractivity (Wildman–Crippen MR) is 64.8 cm³/mol. The molecule has 1 unspecified atom stereocenters. The number of carbonyl (C=O) groups is 1. The molecule has 4 heteroatoms. The van der Waals surface area contributed by atoms with Crippen LogP contribution >= 0.6 is 0 Å². The summed E-state index contributed by atoms with van der Waals surface area (Å²) in [4.78, 5) is 15.4. The van der Waals surface area contributed by atoms with Gasteiger partial charge in [-0.25, -0.2) is 4.98 Å². The third kappa shape index (κ3) is 1.58. The number of ether oxygens (including phenoxy) is 1. The fourth-order valence-corrected chi connectivity index (χ4v) is 2.04. The fourth-order valence-electron chi connectivity index (χ4n) is 2.04. The van der Waals surface area contributed by atoms with Crippen molar-refractivity contribution in [3.8, 4) is 11.6 Å². The Hall–Kier alpha value is -2.20. The van der Waals surface area contributed by atoms with Gasteiger partial charge in [0.1, 0.15) is 11.9 Å². The average Bonchev–Trinajstić information content (AvgIpc) is 2.38. The van der Waals surface area contributed by atoms with E-state index in [2.05, 4.69) is 4.98 Å². The number of benzene rings is 1. The summed E-state index contributed by atoms with van der Waals surface area (Å²) in [5.74, 6) is 0.911. The molecule has 0 aliphatic carbocycles. The number of Topliss-reactive ketones (excluding diaryl/α,β-unsaturated/α-hetero) is 1. The molecule has 1 aliphatic rings. The SMILES string of the molecule is CC(=O)c1ccc2c(c1)C(O)c1cccnc1O2. The van der Waals surface area contributed by atoms with Gasteiger partial charge in [-0.2, -0.15) is 0 Å². The summed E-state index contributed by atoms with van der Waals surface area (Å²) in [6, 6.07) is 8.54. The lowest BCUT2D eigenvalue weighted by molar-refractivity contribution is 0.101. The number of aliphatic hydroxyl groups is 1. The maximum absolute atomic E-state index is 11.3. The summed E-state index contributed by atoms with van der Waals surface area (Å²) in [5.41, 5.74) is 1.78. The van der Waals surface area contributed by atoms with E-state index in [0.29, 0.717) is 28.3 Å². The van der Waals surface area contributed by atoms with Crippen LogP contribution in [0, 0.1) is 0 Å². The van der Waals surface area contributed by atoms with Crippen molar-refractivity contribution >= 4 is 5.78 Å². The van der Waals surface area contributed by atoms with Crippen LogP contribution in [0.4, 0.5) is 0 Å². The molecule has 0 spiro atoms. The highest BCUT2D eigenvalue weighted by molar-refractivity contribution is 5.94. The van der Waals surface area contributed by atoms with E-state index in [0.717, 1.165) is 0 Å². The third-order valence-corrected chi connectivity index (χ3v) is 3.01. The van der Waals surface area contributed by atoms with E-state index in [1.807, 2.05) is 0 Å². The van der Waals surface area contributed by atoms with Crippen molar-refractivity contribution in [1.82, 2.24) is 4.98 Å². The van der Waals surface area contributed by atoms with Crippen molar-refractivity contribution < 1.29 is 14.6 Å². The van der Waals surface area contributed by atoms with E-state index in [1.165, 1.54) is 6.92 Å². The Morgan fingerprint density at radius 1 is 1.33 bits per heavy atom. The Bertz CT molecular complexity index is 637. The number of aromatic nitrogens is 1. The van der Waals surface area contributed by atoms with Crippen molar-refractivity contribution in [3.63, 3.8) is 0 Å². The Morgan fingerprint density at radius 3 is 2.94 bits per heavy atom. The number of rotatable bonds is 1. The lowest BCUT2D eigenvalue weighted by Gasteiger charge is -2.23. The van der Waals surface area contributed by atoms with Gasteiger partial charge in [0.15, 0.2) is 5.78 Å². The minimum absolute atomic E-state index is 0.0398.